The van der Waals surface area contributed by atoms with Gasteiger partial charge in [0.1, 0.15) is 0 Å². The van der Waals surface area contributed by atoms with Gasteiger partial charge in [-0.2, -0.15) is 0 Å². The van der Waals surface area contributed by atoms with E-state index in [1.807, 2.05) is 0 Å². The van der Waals surface area contributed by atoms with Gasteiger partial charge in [-0.3, -0.25) is 9.80 Å². The van der Waals surface area contributed by atoms with Crippen molar-refractivity contribution in [2.24, 2.45) is 5.92 Å². The Morgan fingerprint density at radius 2 is 1.62 bits per heavy atom. The smallest absolute Gasteiger partial charge is 0.0225 e. The van der Waals surface area contributed by atoms with Gasteiger partial charge in [-0.15, -0.1) is 0 Å². The molecule has 0 aromatic rings. The Labute approximate surface area is 99.4 Å². The Morgan fingerprint density at radius 3 is 2.19 bits per heavy atom. The van der Waals surface area contributed by atoms with Crippen LogP contribution in [0.4, 0.5) is 0 Å². The van der Waals surface area contributed by atoms with Crippen LogP contribution in [0.1, 0.15) is 19.3 Å². The number of fused-ring (bicyclic) bond motifs is 3. The molecular weight excluding hydrogens is 198 g/mol. The van der Waals surface area contributed by atoms with Crippen LogP contribution in [0.3, 0.4) is 0 Å². The van der Waals surface area contributed by atoms with Crippen LogP contribution >= 0.6 is 0 Å². The maximum atomic E-state index is 2.75. The maximum absolute atomic E-state index is 2.75. The molecule has 0 spiro atoms. The van der Waals surface area contributed by atoms with Gasteiger partial charge in [0.05, 0.1) is 0 Å². The normalized spacial score (nSPS) is 41.4. The second kappa shape index (κ2) is 4.63. The molecule has 1 atom stereocenters. The third-order valence-electron chi connectivity index (χ3n) is 4.84. The molecule has 2 bridgehead atoms. The highest BCUT2D eigenvalue weighted by Crippen LogP contribution is 2.32. The molecule has 92 valence electrons. The van der Waals surface area contributed by atoms with Gasteiger partial charge in [0.15, 0.2) is 0 Å². The molecule has 0 aromatic carbocycles. The summed E-state index contributed by atoms with van der Waals surface area (Å²) in [6.07, 6.45) is 4.42. The van der Waals surface area contributed by atoms with E-state index >= 15 is 0 Å². The van der Waals surface area contributed by atoms with Crippen molar-refractivity contribution >= 4 is 0 Å². The summed E-state index contributed by atoms with van der Waals surface area (Å²) in [5.41, 5.74) is 0. The highest BCUT2D eigenvalue weighted by atomic mass is 15.3. The monoisotopic (exact) mass is 223 g/mol. The summed E-state index contributed by atoms with van der Waals surface area (Å²) in [5.74, 6) is 1.06. The van der Waals surface area contributed by atoms with Crippen LogP contribution in [-0.4, -0.2) is 73.6 Å². The van der Waals surface area contributed by atoms with E-state index in [1.54, 1.807) is 0 Å². The van der Waals surface area contributed by atoms with E-state index in [9.17, 15) is 0 Å². The first kappa shape index (κ1) is 11.0. The van der Waals surface area contributed by atoms with E-state index in [0.29, 0.717) is 0 Å². The lowest BCUT2D eigenvalue weighted by molar-refractivity contribution is 0.0196. The lowest BCUT2D eigenvalue weighted by atomic mass is 9.83. The molecule has 0 saturated carbocycles. The third kappa shape index (κ3) is 2.27. The van der Waals surface area contributed by atoms with E-state index in [1.165, 1.54) is 65.1 Å². The van der Waals surface area contributed by atoms with E-state index in [4.69, 9.17) is 0 Å². The van der Waals surface area contributed by atoms with Gasteiger partial charge in [-0.05, 0) is 45.3 Å². The summed E-state index contributed by atoms with van der Waals surface area (Å²) in [6, 6.07) is 0.885. The second-order valence-corrected chi connectivity index (χ2v) is 5.97. The van der Waals surface area contributed by atoms with E-state index in [-0.39, 0.29) is 0 Å². The van der Waals surface area contributed by atoms with Crippen molar-refractivity contribution < 1.29 is 0 Å². The first-order valence-electron chi connectivity index (χ1n) is 6.96. The molecule has 3 heteroatoms. The van der Waals surface area contributed by atoms with Crippen molar-refractivity contribution in [1.82, 2.24) is 14.7 Å². The van der Waals surface area contributed by atoms with Crippen molar-refractivity contribution in [3.05, 3.63) is 0 Å². The zero-order valence-electron chi connectivity index (χ0n) is 10.6. The molecule has 4 fully saturated rings. The lowest BCUT2D eigenvalue weighted by Gasteiger charge is -2.47. The van der Waals surface area contributed by atoms with Crippen LogP contribution in [0.15, 0.2) is 0 Å². The van der Waals surface area contributed by atoms with Crippen LogP contribution in [0, 0.1) is 5.92 Å². The number of rotatable bonds is 2. The number of hydrogen-bond donors (Lipinski definition) is 0. The van der Waals surface area contributed by atoms with Gasteiger partial charge >= 0.3 is 0 Å². The van der Waals surface area contributed by atoms with Crippen LogP contribution < -0.4 is 0 Å². The Balaban J connectivity index is 1.51. The molecule has 3 nitrogen and oxygen atoms in total. The van der Waals surface area contributed by atoms with Gasteiger partial charge in [-0.25, -0.2) is 0 Å². The first-order chi connectivity index (χ1) is 7.81. The van der Waals surface area contributed by atoms with Crippen LogP contribution in [-0.2, 0) is 0 Å². The minimum Gasteiger partial charge on any atom is -0.304 e. The Morgan fingerprint density at radius 1 is 0.938 bits per heavy atom. The predicted molar refractivity (Wildman–Crippen MR) is 66.6 cm³/mol. The molecule has 0 aliphatic carbocycles. The topological polar surface area (TPSA) is 9.72 Å². The molecule has 0 radical (unpaired) electrons. The zero-order valence-corrected chi connectivity index (χ0v) is 10.6. The Hall–Kier alpha value is -0.120. The average Bonchev–Trinajstić information content (AvgIpc) is 2.34. The summed E-state index contributed by atoms with van der Waals surface area (Å²) >= 11 is 0. The molecule has 0 N–H and O–H groups in total. The molecule has 4 rings (SSSR count). The molecule has 0 amide bonds. The molecule has 4 aliphatic rings. The van der Waals surface area contributed by atoms with Gasteiger partial charge in [0.25, 0.3) is 0 Å². The van der Waals surface area contributed by atoms with E-state index in [2.05, 4.69) is 21.7 Å². The minimum absolute atomic E-state index is 0.885. The fraction of sp³-hybridized carbons (Fsp3) is 1.00. The van der Waals surface area contributed by atoms with Crippen LogP contribution in [0.2, 0.25) is 0 Å². The molecule has 4 saturated heterocycles. The minimum atomic E-state index is 0.885. The Bertz CT molecular complexity index is 227. The molecule has 1 unspecified atom stereocenters. The van der Waals surface area contributed by atoms with Crippen molar-refractivity contribution in [2.75, 3.05) is 52.9 Å². The maximum Gasteiger partial charge on any atom is 0.0225 e. The highest BCUT2D eigenvalue weighted by Gasteiger charge is 2.34. The zero-order chi connectivity index (χ0) is 11.0. The number of nitrogens with zero attached hydrogens (tertiary/aromatic N) is 3. The summed E-state index contributed by atoms with van der Waals surface area (Å²) < 4.78 is 0. The quantitative estimate of drug-likeness (QED) is 0.683. The molecule has 4 heterocycles. The van der Waals surface area contributed by atoms with Gasteiger partial charge in [0.2, 0.25) is 0 Å². The number of piperazine rings is 1. The molecular formula is C13H25N3. The standard InChI is InChI=1S/C13H25N3/c1-14-6-8-15(9-7-14)11-13-10-12-2-4-16(13)5-3-12/h12-13H,2-11H2,1H3. The average molecular weight is 223 g/mol. The summed E-state index contributed by atoms with van der Waals surface area (Å²) in [4.78, 5) is 7.88. The van der Waals surface area contributed by atoms with Gasteiger partial charge in [0, 0.05) is 38.8 Å². The molecule has 4 aliphatic heterocycles. The first-order valence-corrected chi connectivity index (χ1v) is 6.96. The van der Waals surface area contributed by atoms with E-state index in [0.717, 1.165) is 12.0 Å². The fourth-order valence-corrected chi connectivity index (χ4v) is 3.61. The van der Waals surface area contributed by atoms with Gasteiger partial charge in [-0.1, -0.05) is 0 Å². The predicted octanol–water partition coefficient (Wildman–Crippen LogP) is 0.718. The van der Waals surface area contributed by atoms with Crippen molar-refractivity contribution in [3.63, 3.8) is 0 Å². The van der Waals surface area contributed by atoms with Crippen LogP contribution in [0.5, 0.6) is 0 Å². The van der Waals surface area contributed by atoms with Crippen molar-refractivity contribution in [3.8, 4) is 0 Å². The highest BCUT2D eigenvalue weighted by molar-refractivity contribution is 4.89. The number of piperidine rings is 3. The second-order valence-electron chi connectivity index (χ2n) is 5.97. The third-order valence-corrected chi connectivity index (χ3v) is 4.84. The number of likely N-dealkylation sites (N-methyl/N-ethyl adjacent to an activating group) is 1. The SMILES string of the molecule is CN1CCN(CC2CC3CCN2CC3)CC1. The summed E-state index contributed by atoms with van der Waals surface area (Å²) in [5, 5.41) is 0. The summed E-state index contributed by atoms with van der Waals surface area (Å²) in [6.45, 7) is 9.18. The largest absolute Gasteiger partial charge is 0.304 e. The van der Waals surface area contributed by atoms with Gasteiger partial charge < -0.3 is 4.90 Å². The van der Waals surface area contributed by atoms with E-state index < -0.39 is 0 Å². The lowest BCUT2D eigenvalue weighted by Crippen LogP contribution is -2.55. The summed E-state index contributed by atoms with van der Waals surface area (Å²) in [7, 11) is 2.24. The van der Waals surface area contributed by atoms with Crippen molar-refractivity contribution in [2.45, 2.75) is 25.3 Å². The molecule has 0 aromatic heterocycles. The molecule has 16 heavy (non-hydrogen) atoms. The Kier molecular flexibility index (Phi) is 3.18. The van der Waals surface area contributed by atoms with Crippen molar-refractivity contribution in [1.29, 1.82) is 0 Å². The number of hydrogen-bond acceptors (Lipinski definition) is 3. The fourth-order valence-electron chi connectivity index (χ4n) is 3.61. The van der Waals surface area contributed by atoms with Crippen LogP contribution in [0.25, 0.3) is 0 Å².